The van der Waals surface area contributed by atoms with Crippen LogP contribution in [0.25, 0.3) is 112 Å². The summed E-state index contributed by atoms with van der Waals surface area (Å²) in [5.41, 5.74) is 20.3. The number of aromatic nitrogens is 3. The number of hydrogen-bond donors (Lipinski definition) is 0. The topological polar surface area (TPSA) is 51.8 Å². The Balaban J connectivity index is 1.05. The highest BCUT2D eigenvalue weighted by atomic mass is 16.3. The molecule has 10 aromatic carbocycles. The van der Waals surface area contributed by atoms with E-state index in [-0.39, 0.29) is 0 Å². The number of furan rings is 1. The quantitative estimate of drug-likeness (QED) is 0.173. The molecular weight excluding hydrogens is 827 g/mol. The molecule has 2 aliphatic rings. The molecule has 2 aliphatic carbocycles. The largest absolute Gasteiger partial charge is 0.455 e. The van der Waals surface area contributed by atoms with Crippen molar-refractivity contribution in [1.82, 2.24) is 15.0 Å². The van der Waals surface area contributed by atoms with Gasteiger partial charge in [-0.15, -0.1) is 0 Å². The summed E-state index contributed by atoms with van der Waals surface area (Å²) in [5.74, 6) is 1.69. The highest BCUT2D eigenvalue weighted by Gasteiger charge is 2.49. The Morgan fingerprint density at radius 2 is 0.706 bits per heavy atom. The van der Waals surface area contributed by atoms with Crippen LogP contribution in [0.2, 0.25) is 0 Å². The maximum Gasteiger partial charge on any atom is 0.167 e. The van der Waals surface area contributed by atoms with E-state index in [2.05, 4.69) is 224 Å². The molecule has 0 saturated heterocycles. The van der Waals surface area contributed by atoms with Crippen molar-refractivity contribution in [3.05, 3.63) is 259 Å². The van der Waals surface area contributed by atoms with Gasteiger partial charge in [0.2, 0.25) is 0 Å². The Labute approximate surface area is 393 Å². The van der Waals surface area contributed by atoms with Crippen LogP contribution in [0.15, 0.2) is 241 Å². The Morgan fingerprint density at radius 1 is 0.265 bits per heavy atom. The fraction of sp³-hybridized carbons (Fsp3) is 0.0156. The molecule has 0 atom stereocenters. The molecule has 316 valence electrons. The summed E-state index contributed by atoms with van der Waals surface area (Å²) in [6.45, 7) is 0. The van der Waals surface area contributed by atoms with Crippen molar-refractivity contribution in [3.8, 4) is 89.8 Å². The summed E-state index contributed by atoms with van der Waals surface area (Å²) in [6, 6.07) is 84.8. The van der Waals surface area contributed by atoms with Crippen LogP contribution in [0.1, 0.15) is 22.3 Å². The van der Waals surface area contributed by atoms with Gasteiger partial charge in [0.15, 0.2) is 17.5 Å². The molecule has 2 aromatic heterocycles. The first-order valence-corrected chi connectivity index (χ1v) is 23.2. The van der Waals surface area contributed by atoms with Gasteiger partial charge in [-0.05, 0) is 114 Å². The van der Waals surface area contributed by atoms with Crippen molar-refractivity contribution in [1.29, 1.82) is 0 Å². The van der Waals surface area contributed by atoms with E-state index in [0.717, 1.165) is 66.4 Å². The number of benzene rings is 10. The summed E-state index contributed by atoms with van der Waals surface area (Å²) in [6.07, 6.45) is 0. The van der Waals surface area contributed by atoms with Gasteiger partial charge in [-0.3, -0.25) is 0 Å². The van der Waals surface area contributed by atoms with Crippen LogP contribution in [0.3, 0.4) is 0 Å². The predicted molar refractivity (Wildman–Crippen MR) is 276 cm³/mol. The number of para-hydroxylation sites is 2. The van der Waals surface area contributed by atoms with Crippen molar-refractivity contribution in [2.75, 3.05) is 0 Å². The summed E-state index contributed by atoms with van der Waals surface area (Å²) >= 11 is 0. The zero-order chi connectivity index (χ0) is 44.8. The molecule has 0 amide bonds. The molecule has 12 aromatic rings. The van der Waals surface area contributed by atoms with Gasteiger partial charge in [0.1, 0.15) is 11.2 Å². The third-order valence-electron chi connectivity index (χ3n) is 14.2. The highest BCUT2D eigenvalue weighted by molar-refractivity contribution is 6.09. The highest BCUT2D eigenvalue weighted by Crippen LogP contribution is 2.61. The van der Waals surface area contributed by atoms with Gasteiger partial charge in [0.05, 0.1) is 11.0 Å². The van der Waals surface area contributed by atoms with Gasteiger partial charge in [-0.1, -0.05) is 200 Å². The van der Waals surface area contributed by atoms with E-state index < -0.39 is 5.41 Å². The monoisotopic (exact) mass is 865 g/mol. The fourth-order valence-electron chi connectivity index (χ4n) is 11.2. The third kappa shape index (κ3) is 5.71. The molecule has 0 saturated carbocycles. The maximum atomic E-state index is 6.65. The lowest BCUT2D eigenvalue weighted by Crippen LogP contribution is -2.29. The number of hydrogen-bond acceptors (Lipinski definition) is 4. The first kappa shape index (κ1) is 38.3. The second-order valence-electron chi connectivity index (χ2n) is 17.8. The van der Waals surface area contributed by atoms with Crippen LogP contribution in [0, 0.1) is 0 Å². The Bertz CT molecular complexity index is 3880. The van der Waals surface area contributed by atoms with Crippen LogP contribution in [0.5, 0.6) is 0 Å². The number of fused-ring (bicyclic) bond motifs is 15. The van der Waals surface area contributed by atoms with Crippen LogP contribution in [0.4, 0.5) is 0 Å². The van der Waals surface area contributed by atoms with Gasteiger partial charge >= 0.3 is 0 Å². The minimum absolute atomic E-state index is 0.541. The number of nitrogens with zero attached hydrogens (tertiary/aromatic N) is 3. The third-order valence-corrected chi connectivity index (χ3v) is 14.2. The molecule has 4 nitrogen and oxygen atoms in total. The van der Waals surface area contributed by atoms with Crippen molar-refractivity contribution in [2.45, 2.75) is 5.41 Å². The van der Waals surface area contributed by atoms with E-state index in [4.69, 9.17) is 19.4 Å². The van der Waals surface area contributed by atoms with Crippen molar-refractivity contribution in [3.63, 3.8) is 0 Å². The molecule has 0 unspecified atom stereocenters. The Kier molecular flexibility index (Phi) is 8.46. The summed E-state index contributed by atoms with van der Waals surface area (Å²) in [5, 5.41) is 2.07. The lowest BCUT2D eigenvalue weighted by molar-refractivity contribution is 0.669. The van der Waals surface area contributed by atoms with Crippen LogP contribution < -0.4 is 0 Å². The average molecular weight is 866 g/mol. The predicted octanol–water partition coefficient (Wildman–Crippen LogP) is 16.1. The van der Waals surface area contributed by atoms with Gasteiger partial charge in [-0.25, -0.2) is 15.0 Å². The molecule has 0 aliphatic heterocycles. The molecule has 14 rings (SSSR count). The van der Waals surface area contributed by atoms with Gasteiger partial charge in [0.25, 0.3) is 0 Å². The Morgan fingerprint density at radius 3 is 1.34 bits per heavy atom. The maximum absolute atomic E-state index is 6.65. The van der Waals surface area contributed by atoms with E-state index >= 15 is 0 Å². The standard InChI is InChI=1S/C64H39N3O/c1-3-18-40(19-4-1)43-36-44(41-20-5-2-6-21-41)38-45(37-43)62-65-61(66-63(67-62)53-29-17-28-52-51-27-12-16-33-59(51)68-60(52)53)42-34-35-58-54(39-42)47-23-8-7-22-46(47)48-24-9-13-30-55(48)64(58)56-31-14-10-25-49(56)50-26-11-15-32-57(50)64/h1-39H. The smallest absolute Gasteiger partial charge is 0.167 e. The molecule has 0 radical (unpaired) electrons. The normalized spacial score (nSPS) is 12.8. The average Bonchev–Trinajstić information content (AvgIpc) is 3.92. The summed E-state index contributed by atoms with van der Waals surface area (Å²) < 4.78 is 6.65. The van der Waals surface area contributed by atoms with E-state index in [1.807, 2.05) is 12.1 Å². The SMILES string of the molecule is c1ccc(-c2cc(-c3ccccc3)cc(-c3nc(-c4ccc5c(c4)-c4ccccc4-c4ccccc4C54c5ccccc5-c5ccccc54)nc(-c4cccc5c4oc4ccccc45)n3)c2)cc1. The van der Waals surface area contributed by atoms with E-state index in [0.29, 0.717) is 17.5 Å². The van der Waals surface area contributed by atoms with E-state index in [9.17, 15) is 0 Å². The fourth-order valence-corrected chi connectivity index (χ4v) is 11.2. The van der Waals surface area contributed by atoms with Crippen molar-refractivity contribution < 1.29 is 4.42 Å². The van der Waals surface area contributed by atoms with Crippen molar-refractivity contribution >= 4 is 21.9 Å². The number of rotatable bonds is 5. The summed E-state index contributed by atoms with van der Waals surface area (Å²) in [4.78, 5) is 16.3. The van der Waals surface area contributed by atoms with Crippen LogP contribution in [-0.2, 0) is 5.41 Å². The molecule has 2 heterocycles. The van der Waals surface area contributed by atoms with Gasteiger partial charge < -0.3 is 4.42 Å². The molecule has 4 heteroatoms. The first-order chi connectivity index (χ1) is 33.7. The minimum Gasteiger partial charge on any atom is -0.455 e. The Hall–Kier alpha value is -8.99. The molecular formula is C64H39N3O. The van der Waals surface area contributed by atoms with E-state index in [1.165, 1.54) is 50.1 Å². The minimum atomic E-state index is -0.589. The van der Waals surface area contributed by atoms with Crippen molar-refractivity contribution in [2.24, 2.45) is 0 Å². The summed E-state index contributed by atoms with van der Waals surface area (Å²) in [7, 11) is 0. The zero-order valence-electron chi connectivity index (χ0n) is 36.8. The second kappa shape index (κ2) is 15.0. The van der Waals surface area contributed by atoms with E-state index in [1.54, 1.807) is 0 Å². The molecule has 68 heavy (non-hydrogen) atoms. The van der Waals surface area contributed by atoms with Crippen LogP contribution in [-0.4, -0.2) is 15.0 Å². The molecule has 0 bridgehead atoms. The van der Waals surface area contributed by atoms with Gasteiger partial charge in [0, 0.05) is 21.9 Å². The second-order valence-corrected chi connectivity index (χ2v) is 17.8. The first-order valence-electron chi connectivity index (χ1n) is 23.2. The zero-order valence-corrected chi connectivity index (χ0v) is 36.8. The molecule has 0 fully saturated rings. The lowest BCUT2D eigenvalue weighted by atomic mass is 9.66. The van der Waals surface area contributed by atoms with Crippen LogP contribution >= 0.6 is 0 Å². The molecule has 0 N–H and O–H groups in total. The van der Waals surface area contributed by atoms with Gasteiger partial charge in [-0.2, -0.15) is 0 Å². The lowest BCUT2D eigenvalue weighted by Gasteiger charge is -2.35. The molecule has 1 spiro atoms.